The van der Waals surface area contributed by atoms with Gasteiger partial charge in [-0.2, -0.15) is 4.72 Å². The number of carbonyl (C=O) groups is 1. The minimum Gasteiger partial charge on any atom is -0.399 e. The number of sulfonamides is 1. The molecule has 1 amide bonds. The molecule has 0 spiro atoms. The van der Waals surface area contributed by atoms with E-state index in [9.17, 15) is 13.2 Å². The first kappa shape index (κ1) is 25.5. The molecule has 0 aliphatic carbocycles. The number of anilines is 1. The highest BCUT2D eigenvalue weighted by Crippen LogP contribution is 2.21. The van der Waals surface area contributed by atoms with Crippen molar-refractivity contribution in [2.75, 3.05) is 25.9 Å². The third-order valence-electron chi connectivity index (χ3n) is 6.65. The van der Waals surface area contributed by atoms with Gasteiger partial charge in [0.2, 0.25) is 15.9 Å². The molecule has 0 aromatic heterocycles. The summed E-state index contributed by atoms with van der Waals surface area (Å²) in [6, 6.07) is 18.2. The summed E-state index contributed by atoms with van der Waals surface area (Å²) >= 11 is 0. The normalized spacial score (nSPS) is 17.0. The standard InChI is InChI=1S/C26H32N6O3S/c1-31(22-10-5-13-32(17-22)26(28)29)25(33)24(15-18-6-4-9-21(27)14-18)30-36(34,35)23-12-11-19-7-2-3-8-20(19)16-23/h2-4,6-9,11-12,14,16,22,24,30H,5,10,13,15,17,27H2,1H3,(H3,28,29)/t22-,24?/m0/s1. The van der Waals surface area contributed by atoms with E-state index < -0.39 is 16.1 Å². The molecule has 9 nitrogen and oxygen atoms in total. The first-order chi connectivity index (χ1) is 17.1. The third kappa shape index (κ3) is 5.77. The fourth-order valence-corrected chi connectivity index (χ4v) is 5.86. The van der Waals surface area contributed by atoms with E-state index in [4.69, 9.17) is 16.9 Å². The van der Waals surface area contributed by atoms with Crippen molar-refractivity contribution in [1.82, 2.24) is 14.5 Å². The third-order valence-corrected chi connectivity index (χ3v) is 8.12. The first-order valence-corrected chi connectivity index (χ1v) is 13.3. The Balaban J connectivity index is 1.62. The van der Waals surface area contributed by atoms with Gasteiger partial charge in [0.25, 0.3) is 0 Å². The average Bonchev–Trinajstić information content (AvgIpc) is 2.87. The number of rotatable bonds is 7. The number of likely N-dealkylation sites (N-methyl/N-ethyl adjacent to an activating group) is 1. The molecule has 3 aromatic rings. The molecule has 1 aliphatic rings. The van der Waals surface area contributed by atoms with Crippen molar-refractivity contribution in [2.45, 2.75) is 36.2 Å². The number of hydrogen-bond donors (Lipinski definition) is 4. The van der Waals surface area contributed by atoms with Crippen molar-refractivity contribution in [3.8, 4) is 0 Å². The summed E-state index contributed by atoms with van der Waals surface area (Å²) in [5.41, 5.74) is 12.9. The number of amides is 1. The van der Waals surface area contributed by atoms with Crippen LogP contribution >= 0.6 is 0 Å². The lowest BCUT2D eigenvalue weighted by molar-refractivity contribution is -0.134. The van der Waals surface area contributed by atoms with Gasteiger partial charge in [-0.3, -0.25) is 10.2 Å². The van der Waals surface area contributed by atoms with Gasteiger partial charge in [0.05, 0.1) is 4.90 Å². The summed E-state index contributed by atoms with van der Waals surface area (Å²) < 4.78 is 29.5. The Kier molecular flexibility index (Phi) is 7.46. The molecule has 0 saturated carbocycles. The van der Waals surface area contributed by atoms with Crippen LogP contribution in [0.5, 0.6) is 0 Å². The van der Waals surface area contributed by atoms with Gasteiger partial charge < -0.3 is 21.3 Å². The van der Waals surface area contributed by atoms with Gasteiger partial charge in [-0.05, 0) is 59.9 Å². The minimum absolute atomic E-state index is 0.0335. The molecule has 1 saturated heterocycles. The number of nitrogens with two attached hydrogens (primary N) is 2. The average molecular weight is 509 g/mol. The number of nitrogen functional groups attached to an aromatic ring is 1. The number of guanidine groups is 1. The lowest BCUT2D eigenvalue weighted by Crippen LogP contribution is -2.56. The number of fused-ring (bicyclic) bond motifs is 1. The topological polar surface area (TPSA) is 146 Å². The number of carbonyl (C=O) groups excluding carboxylic acids is 1. The lowest BCUT2D eigenvalue weighted by atomic mass is 10.0. The molecule has 1 unspecified atom stereocenters. The number of likely N-dealkylation sites (tertiary alicyclic amines) is 1. The lowest BCUT2D eigenvalue weighted by Gasteiger charge is -2.39. The molecule has 1 heterocycles. The van der Waals surface area contributed by atoms with Crippen LogP contribution in [0.1, 0.15) is 18.4 Å². The fourth-order valence-electron chi connectivity index (χ4n) is 4.64. The molecule has 0 bridgehead atoms. The smallest absolute Gasteiger partial charge is 0.241 e. The van der Waals surface area contributed by atoms with Gasteiger partial charge in [0.1, 0.15) is 6.04 Å². The summed E-state index contributed by atoms with van der Waals surface area (Å²) in [5, 5.41) is 9.47. The number of nitrogens with zero attached hydrogens (tertiary/aromatic N) is 2. The van der Waals surface area contributed by atoms with E-state index in [1.807, 2.05) is 30.3 Å². The van der Waals surface area contributed by atoms with Crippen LogP contribution in [0.3, 0.4) is 0 Å². The van der Waals surface area contributed by atoms with Crippen molar-refractivity contribution in [3.63, 3.8) is 0 Å². The van der Waals surface area contributed by atoms with Crippen LogP contribution in [0.25, 0.3) is 10.8 Å². The van der Waals surface area contributed by atoms with E-state index in [1.54, 1.807) is 53.2 Å². The van der Waals surface area contributed by atoms with Gasteiger partial charge in [0, 0.05) is 31.9 Å². The Morgan fingerprint density at radius 3 is 2.61 bits per heavy atom. The summed E-state index contributed by atoms with van der Waals surface area (Å²) in [4.78, 5) is 17.1. The number of nitrogens with one attached hydrogen (secondary N) is 2. The van der Waals surface area contributed by atoms with Crippen LogP contribution < -0.4 is 16.2 Å². The van der Waals surface area contributed by atoms with Crippen molar-refractivity contribution >= 4 is 38.3 Å². The molecule has 190 valence electrons. The van der Waals surface area contributed by atoms with Gasteiger partial charge in [-0.25, -0.2) is 8.42 Å². The zero-order chi connectivity index (χ0) is 25.9. The molecule has 10 heteroatoms. The van der Waals surface area contributed by atoms with Gasteiger partial charge in [0.15, 0.2) is 5.96 Å². The SMILES string of the molecule is CN(C(=O)C(Cc1cccc(N)c1)NS(=O)(=O)c1ccc2ccccc2c1)[C@H]1CCCN(C(=N)N)C1. The van der Waals surface area contributed by atoms with Crippen molar-refractivity contribution < 1.29 is 13.2 Å². The van der Waals surface area contributed by atoms with E-state index >= 15 is 0 Å². The van der Waals surface area contributed by atoms with Gasteiger partial charge >= 0.3 is 0 Å². The van der Waals surface area contributed by atoms with E-state index in [-0.39, 0.29) is 29.2 Å². The quantitative estimate of drug-likeness (QED) is 0.218. The predicted octanol–water partition coefficient (Wildman–Crippen LogP) is 2.13. The zero-order valence-corrected chi connectivity index (χ0v) is 21.0. The Morgan fingerprint density at radius 2 is 1.89 bits per heavy atom. The van der Waals surface area contributed by atoms with E-state index in [2.05, 4.69) is 4.72 Å². The maximum Gasteiger partial charge on any atom is 0.241 e. The Hall–Kier alpha value is -3.63. The van der Waals surface area contributed by atoms with Crippen LogP contribution in [0.2, 0.25) is 0 Å². The van der Waals surface area contributed by atoms with Crippen molar-refractivity contribution in [1.29, 1.82) is 5.41 Å². The highest BCUT2D eigenvalue weighted by atomic mass is 32.2. The molecule has 6 N–H and O–H groups in total. The summed E-state index contributed by atoms with van der Waals surface area (Å²) in [5.74, 6) is -0.383. The highest BCUT2D eigenvalue weighted by Gasteiger charge is 2.33. The molecule has 4 rings (SSSR count). The monoisotopic (exact) mass is 508 g/mol. The van der Waals surface area contributed by atoms with Crippen LogP contribution in [0.4, 0.5) is 5.69 Å². The fraction of sp³-hybridized carbons (Fsp3) is 0.308. The Bertz CT molecular complexity index is 1380. The number of piperidine rings is 1. The second kappa shape index (κ2) is 10.5. The predicted molar refractivity (Wildman–Crippen MR) is 142 cm³/mol. The Morgan fingerprint density at radius 1 is 1.14 bits per heavy atom. The van der Waals surface area contributed by atoms with Crippen molar-refractivity contribution in [3.05, 3.63) is 72.3 Å². The minimum atomic E-state index is -4.01. The van der Waals surface area contributed by atoms with Gasteiger partial charge in [-0.1, -0.05) is 42.5 Å². The number of benzene rings is 3. The van der Waals surface area contributed by atoms with Crippen LogP contribution in [0, 0.1) is 5.41 Å². The zero-order valence-electron chi connectivity index (χ0n) is 20.2. The van der Waals surface area contributed by atoms with Crippen LogP contribution in [0.15, 0.2) is 71.6 Å². The summed E-state index contributed by atoms with van der Waals surface area (Å²) in [7, 11) is -2.33. The number of hydrogen-bond acceptors (Lipinski definition) is 5. The summed E-state index contributed by atoms with van der Waals surface area (Å²) in [6.07, 6.45) is 1.67. The van der Waals surface area contributed by atoms with Crippen LogP contribution in [-0.4, -0.2) is 62.3 Å². The van der Waals surface area contributed by atoms with Crippen molar-refractivity contribution in [2.24, 2.45) is 5.73 Å². The largest absolute Gasteiger partial charge is 0.399 e. The molecule has 2 atom stereocenters. The molecule has 1 aliphatic heterocycles. The molecule has 0 radical (unpaired) electrons. The van der Waals surface area contributed by atoms with Gasteiger partial charge in [-0.15, -0.1) is 0 Å². The van der Waals surface area contributed by atoms with E-state index in [0.717, 1.165) is 29.2 Å². The van der Waals surface area contributed by atoms with E-state index in [0.29, 0.717) is 18.8 Å². The molecule has 1 fully saturated rings. The maximum atomic E-state index is 13.7. The summed E-state index contributed by atoms with van der Waals surface area (Å²) in [6.45, 7) is 1.09. The van der Waals surface area contributed by atoms with E-state index in [1.165, 1.54) is 0 Å². The molecule has 36 heavy (non-hydrogen) atoms. The maximum absolute atomic E-state index is 13.7. The molecule has 3 aromatic carbocycles. The molecular formula is C26H32N6O3S. The molecular weight excluding hydrogens is 476 g/mol. The second-order valence-electron chi connectivity index (χ2n) is 9.21. The first-order valence-electron chi connectivity index (χ1n) is 11.9. The Labute approximate surface area is 211 Å². The second-order valence-corrected chi connectivity index (χ2v) is 10.9. The highest BCUT2D eigenvalue weighted by molar-refractivity contribution is 7.89. The van der Waals surface area contributed by atoms with Crippen LogP contribution in [-0.2, 0) is 21.2 Å².